The van der Waals surface area contributed by atoms with Crippen molar-refractivity contribution in [3.8, 4) is 0 Å². The summed E-state index contributed by atoms with van der Waals surface area (Å²) in [6.07, 6.45) is 2.04. The molecule has 94 valence electrons. The van der Waals surface area contributed by atoms with Crippen LogP contribution in [-0.2, 0) is 0 Å². The number of hydrogen-bond donors (Lipinski definition) is 0. The largest absolute Gasteiger partial charge is 0.309 e. The number of benzene rings is 1. The second kappa shape index (κ2) is 6.35. The van der Waals surface area contributed by atoms with E-state index in [2.05, 4.69) is 11.8 Å². The van der Waals surface area contributed by atoms with E-state index in [1.54, 1.807) is 18.2 Å². The number of rotatable bonds is 6. The fraction of sp³-hybridized carbons (Fsp3) is 0.538. The molecule has 0 aliphatic rings. The van der Waals surface area contributed by atoms with Gasteiger partial charge in [-0.2, -0.15) is 0 Å². The molecule has 0 aromatic heterocycles. The minimum Gasteiger partial charge on any atom is -0.309 e. The summed E-state index contributed by atoms with van der Waals surface area (Å²) in [5.41, 5.74) is 1.26. The molecule has 0 spiro atoms. The third-order valence-corrected chi connectivity index (χ3v) is 2.97. The van der Waals surface area contributed by atoms with Crippen molar-refractivity contribution in [3.63, 3.8) is 0 Å². The Hall–Kier alpha value is -1.42. The summed E-state index contributed by atoms with van der Waals surface area (Å²) in [6, 6.07) is 6.99. The average Bonchev–Trinajstić information content (AvgIpc) is 2.30. The summed E-state index contributed by atoms with van der Waals surface area (Å²) >= 11 is 0. The standard InChI is InChI=1S/C13H20N2O2/c1-4-11(8-9-14(2)3)12-6-5-7-13(10-12)15(16)17/h5-7,10-11H,4,8-9H2,1-3H3. The van der Waals surface area contributed by atoms with E-state index in [0.717, 1.165) is 24.9 Å². The summed E-state index contributed by atoms with van der Waals surface area (Å²) in [4.78, 5) is 12.5. The predicted molar refractivity (Wildman–Crippen MR) is 69.3 cm³/mol. The first-order valence-corrected chi connectivity index (χ1v) is 5.93. The number of nitro benzene ring substituents is 1. The molecule has 4 nitrogen and oxygen atoms in total. The highest BCUT2D eigenvalue weighted by molar-refractivity contribution is 5.36. The lowest BCUT2D eigenvalue weighted by atomic mass is 9.93. The minimum absolute atomic E-state index is 0.186. The second-order valence-corrected chi connectivity index (χ2v) is 4.55. The van der Waals surface area contributed by atoms with E-state index >= 15 is 0 Å². The van der Waals surface area contributed by atoms with Crippen molar-refractivity contribution in [2.45, 2.75) is 25.7 Å². The van der Waals surface area contributed by atoms with Gasteiger partial charge in [0.25, 0.3) is 5.69 Å². The Morgan fingerprint density at radius 3 is 2.65 bits per heavy atom. The molecule has 0 bridgehead atoms. The van der Waals surface area contributed by atoms with Crippen LogP contribution in [0.5, 0.6) is 0 Å². The molecule has 0 heterocycles. The van der Waals surface area contributed by atoms with E-state index in [0.29, 0.717) is 5.92 Å². The van der Waals surface area contributed by atoms with E-state index in [4.69, 9.17) is 0 Å². The highest BCUT2D eigenvalue weighted by atomic mass is 16.6. The summed E-state index contributed by atoms with van der Waals surface area (Å²) < 4.78 is 0. The molecule has 4 heteroatoms. The molecule has 17 heavy (non-hydrogen) atoms. The maximum Gasteiger partial charge on any atom is 0.269 e. The zero-order valence-electron chi connectivity index (χ0n) is 10.7. The van der Waals surface area contributed by atoms with Crippen LogP contribution in [0, 0.1) is 10.1 Å². The van der Waals surface area contributed by atoms with Crippen molar-refractivity contribution in [2.24, 2.45) is 0 Å². The summed E-state index contributed by atoms with van der Waals surface area (Å²) in [5, 5.41) is 10.7. The molecule has 0 amide bonds. The summed E-state index contributed by atoms with van der Waals surface area (Å²) in [7, 11) is 4.08. The normalized spacial score (nSPS) is 12.7. The molecular weight excluding hydrogens is 216 g/mol. The smallest absolute Gasteiger partial charge is 0.269 e. The van der Waals surface area contributed by atoms with Gasteiger partial charge >= 0.3 is 0 Å². The van der Waals surface area contributed by atoms with Crippen LogP contribution in [0.4, 0.5) is 5.69 Å². The quantitative estimate of drug-likeness (QED) is 0.563. The monoisotopic (exact) mass is 236 g/mol. The van der Waals surface area contributed by atoms with E-state index < -0.39 is 0 Å². The number of nitrogens with zero attached hydrogens (tertiary/aromatic N) is 2. The summed E-state index contributed by atoms with van der Waals surface area (Å²) in [5.74, 6) is 0.400. The highest BCUT2D eigenvalue weighted by Crippen LogP contribution is 2.26. The van der Waals surface area contributed by atoms with Gasteiger partial charge in [0.05, 0.1) is 4.92 Å². The van der Waals surface area contributed by atoms with Crippen LogP contribution in [-0.4, -0.2) is 30.5 Å². The van der Waals surface area contributed by atoms with Crippen LogP contribution in [0.3, 0.4) is 0 Å². The van der Waals surface area contributed by atoms with Gasteiger partial charge in [-0.15, -0.1) is 0 Å². The Morgan fingerprint density at radius 1 is 1.41 bits per heavy atom. The van der Waals surface area contributed by atoms with Crippen molar-refractivity contribution in [3.05, 3.63) is 39.9 Å². The van der Waals surface area contributed by atoms with Gasteiger partial charge in [0.1, 0.15) is 0 Å². The maximum atomic E-state index is 10.7. The van der Waals surface area contributed by atoms with Crippen molar-refractivity contribution >= 4 is 5.69 Å². The Kier molecular flexibility index (Phi) is 5.10. The Morgan fingerprint density at radius 2 is 2.12 bits per heavy atom. The van der Waals surface area contributed by atoms with E-state index in [1.807, 2.05) is 20.2 Å². The van der Waals surface area contributed by atoms with Gasteiger partial charge in [0.2, 0.25) is 0 Å². The first-order chi connectivity index (χ1) is 8.04. The molecular formula is C13H20N2O2. The summed E-state index contributed by atoms with van der Waals surface area (Å²) in [6.45, 7) is 3.13. The van der Waals surface area contributed by atoms with E-state index in [-0.39, 0.29) is 10.6 Å². The fourth-order valence-electron chi connectivity index (χ4n) is 1.91. The molecule has 0 fully saturated rings. The SMILES string of the molecule is CCC(CCN(C)C)c1cccc([N+](=O)[O-])c1. The third kappa shape index (κ3) is 4.15. The Bertz CT molecular complexity index is 377. The lowest BCUT2D eigenvalue weighted by Gasteiger charge is -2.17. The third-order valence-electron chi connectivity index (χ3n) is 2.97. The molecule has 0 saturated heterocycles. The lowest BCUT2D eigenvalue weighted by molar-refractivity contribution is -0.384. The van der Waals surface area contributed by atoms with Crippen LogP contribution in [0.1, 0.15) is 31.2 Å². The second-order valence-electron chi connectivity index (χ2n) is 4.55. The first-order valence-electron chi connectivity index (χ1n) is 5.93. The molecule has 1 rings (SSSR count). The van der Waals surface area contributed by atoms with E-state index in [9.17, 15) is 10.1 Å². The topological polar surface area (TPSA) is 46.4 Å². The molecule has 0 radical (unpaired) electrons. The van der Waals surface area contributed by atoms with Crippen LogP contribution >= 0.6 is 0 Å². The Balaban J connectivity index is 2.80. The molecule has 1 aromatic carbocycles. The van der Waals surface area contributed by atoms with Crippen LogP contribution in [0.2, 0.25) is 0 Å². The van der Waals surface area contributed by atoms with Gasteiger partial charge in [-0.05, 0) is 45.0 Å². The van der Waals surface area contributed by atoms with Gasteiger partial charge < -0.3 is 4.90 Å². The van der Waals surface area contributed by atoms with E-state index in [1.165, 1.54) is 0 Å². The van der Waals surface area contributed by atoms with Crippen LogP contribution in [0.15, 0.2) is 24.3 Å². The zero-order chi connectivity index (χ0) is 12.8. The van der Waals surface area contributed by atoms with Gasteiger partial charge in [0.15, 0.2) is 0 Å². The molecule has 0 saturated carbocycles. The van der Waals surface area contributed by atoms with Gasteiger partial charge in [-0.1, -0.05) is 19.1 Å². The number of nitro groups is 1. The molecule has 0 aliphatic heterocycles. The van der Waals surface area contributed by atoms with Crippen molar-refractivity contribution in [2.75, 3.05) is 20.6 Å². The molecule has 1 aromatic rings. The molecule has 0 N–H and O–H groups in total. The van der Waals surface area contributed by atoms with Crippen LogP contribution < -0.4 is 0 Å². The van der Waals surface area contributed by atoms with Gasteiger partial charge in [0, 0.05) is 12.1 Å². The fourth-order valence-corrected chi connectivity index (χ4v) is 1.91. The molecule has 0 aliphatic carbocycles. The van der Waals surface area contributed by atoms with Crippen molar-refractivity contribution in [1.82, 2.24) is 4.90 Å². The zero-order valence-corrected chi connectivity index (χ0v) is 10.7. The number of hydrogen-bond acceptors (Lipinski definition) is 3. The molecule has 1 unspecified atom stereocenters. The van der Waals surface area contributed by atoms with Crippen LogP contribution in [0.25, 0.3) is 0 Å². The highest BCUT2D eigenvalue weighted by Gasteiger charge is 2.13. The Labute approximate surface area is 102 Å². The van der Waals surface area contributed by atoms with Gasteiger partial charge in [-0.25, -0.2) is 0 Å². The van der Waals surface area contributed by atoms with Crippen molar-refractivity contribution in [1.29, 1.82) is 0 Å². The van der Waals surface area contributed by atoms with Crippen molar-refractivity contribution < 1.29 is 4.92 Å². The number of non-ortho nitro benzene ring substituents is 1. The minimum atomic E-state index is -0.331. The predicted octanol–water partition coefficient (Wildman–Crippen LogP) is 3.04. The molecule has 1 atom stereocenters. The first kappa shape index (κ1) is 13.6. The van der Waals surface area contributed by atoms with Gasteiger partial charge in [-0.3, -0.25) is 10.1 Å². The maximum absolute atomic E-state index is 10.7. The average molecular weight is 236 g/mol. The lowest BCUT2D eigenvalue weighted by Crippen LogP contribution is -2.15.